The van der Waals surface area contributed by atoms with Crippen LogP contribution in [0.5, 0.6) is 0 Å². The van der Waals surface area contributed by atoms with Crippen molar-refractivity contribution in [2.24, 2.45) is 5.73 Å². The smallest absolute Gasteiger partial charge is 0.316 e. The zero-order valence-electron chi connectivity index (χ0n) is 15.4. The van der Waals surface area contributed by atoms with Gasteiger partial charge in [-0.2, -0.15) is 0 Å². The van der Waals surface area contributed by atoms with Crippen molar-refractivity contribution in [3.63, 3.8) is 0 Å². The van der Waals surface area contributed by atoms with Gasteiger partial charge in [0.15, 0.2) is 0 Å². The van der Waals surface area contributed by atoms with E-state index in [4.69, 9.17) is 5.73 Å². The Bertz CT molecular complexity index is 716. The van der Waals surface area contributed by atoms with E-state index in [1.54, 1.807) is 4.90 Å². The maximum Gasteiger partial charge on any atom is 0.316 e. The second kappa shape index (κ2) is 7.45. The highest BCUT2D eigenvalue weighted by molar-refractivity contribution is 6.41. The number of likely N-dealkylation sites (tertiary alicyclic amines) is 1. The summed E-state index contributed by atoms with van der Waals surface area (Å²) in [6.07, 6.45) is 1.13. The van der Waals surface area contributed by atoms with E-state index < -0.39 is 17.9 Å². The van der Waals surface area contributed by atoms with Crippen LogP contribution in [-0.2, 0) is 20.8 Å². The first-order valence-corrected chi connectivity index (χ1v) is 9.22. The van der Waals surface area contributed by atoms with Gasteiger partial charge in [-0.3, -0.25) is 14.4 Å². The number of nitrogens with two attached hydrogens (primary N) is 1. The standard InChI is InChI=1S/C19H26N4O3/c1-3-21(4-2)17(24)16-11-14(20)12-23(16)19(26)18(25)22-10-9-13-7-5-6-8-15(13)22/h5-8,14,16H,3-4,9-12,20H2,1-2H3/t14-,16-/m0/s1. The van der Waals surface area contributed by atoms with Crippen LogP contribution in [-0.4, -0.2) is 65.8 Å². The molecule has 7 nitrogen and oxygen atoms in total. The third-order valence-electron chi connectivity index (χ3n) is 5.27. The fraction of sp³-hybridized carbons (Fsp3) is 0.526. The summed E-state index contributed by atoms with van der Waals surface area (Å²) in [5.41, 5.74) is 7.85. The van der Waals surface area contributed by atoms with E-state index in [9.17, 15) is 14.4 Å². The highest BCUT2D eigenvalue weighted by Gasteiger charge is 2.43. The summed E-state index contributed by atoms with van der Waals surface area (Å²) in [5.74, 6) is -1.35. The molecule has 0 bridgehead atoms. The van der Waals surface area contributed by atoms with E-state index in [1.807, 2.05) is 38.1 Å². The minimum absolute atomic E-state index is 0.133. The molecule has 2 aliphatic rings. The maximum atomic E-state index is 12.9. The van der Waals surface area contributed by atoms with E-state index in [0.717, 1.165) is 17.7 Å². The number of nitrogens with zero attached hydrogens (tertiary/aromatic N) is 3. The molecule has 7 heteroatoms. The first kappa shape index (κ1) is 18.4. The molecule has 3 amide bonds. The van der Waals surface area contributed by atoms with Gasteiger partial charge in [-0.1, -0.05) is 18.2 Å². The molecule has 0 aliphatic carbocycles. The van der Waals surface area contributed by atoms with E-state index in [0.29, 0.717) is 26.1 Å². The lowest BCUT2D eigenvalue weighted by Crippen LogP contribution is -2.52. The molecule has 2 atom stereocenters. The van der Waals surface area contributed by atoms with Crippen LogP contribution in [0, 0.1) is 0 Å². The first-order chi connectivity index (χ1) is 12.5. The third kappa shape index (κ3) is 3.19. The molecule has 2 aliphatic heterocycles. The van der Waals surface area contributed by atoms with Gasteiger partial charge >= 0.3 is 11.8 Å². The van der Waals surface area contributed by atoms with Crippen LogP contribution in [0.15, 0.2) is 24.3 Å². The Morgan fingerprint density at radius 3 is 2.54 bits per heavy atom. The zero-order chi connectivity index (χ0) is 18.8. The normalized spacial score (nSPS) is 21.7. The largest absolute Gasteiger partial charge is 0.341 e. The van der Waals surface area contributed by atoms with Crippen molar-refractivity contribution >= 4 is 23.4 Å². The Labute approximate surface area is 153 Å². The zero-order valence-corrected chi connectivity index (χ0v) is 15.4. The molecular weight excluding hydrogens is 332 g/mol. The molecule has 1 fully saturated rings. The number of hydrogen-bond acceptors (Lipinski definition) is 4. The molecule has 2 N–H and O–H groups in total. The maximum absolute atomic E-state index is 12.9. The number of carbonyl (C=O) groups is 3. The van der Waals surface area contributed by atoms with E-state index in [-0.39, 0.29) is 18.5 Å². The molecule has 0 aromatic heterocycles. The lowest BCUT2D eigenvalue weighted by atomic mass is 10.1. The van der Waals surface area contributed by atoms with Crippen LogP contribution >= 0.6 is 0 Å². The highest BCUT2D eigenvalue weighted by atomic mass is 16.2. The monoisotopic (exact) mass is 358 g/mol. The molecular formula is C19H26N4O3. The van der Waals surface area contributed by atoms with Gasteiger partial charge in [0.05, 0.1) is 0 Å². The summed E-state index contributed by atoms with van der Waals surface area (Å²) in [7, 11) is 0. The summed E-state index contributed by atoms with van der Waals surface area (Å²) in [5, 5.41) is 0. The van der Waals surface area contributed by atoms with E-state index >= 15 is 0 Å². The van der Waals surface area contributed by atoms with Crippen molar-refractivity contribution in [3.05, 3.63) is 29.8 Å². The minimum Gasteiger partial charge on any atom is -0.341 e. The first-order valence-electron chi connectivity index (χ1n) is 9.22. The Morgan fingerprint density at radius 1 is 1.15 bits per heavy atom. The number of fused-ring (bicyclic) bond motifs is 1. The molecule has 1 saturated heterocycles. The highest BCUT2D eigenvalue weighted by Crippen LogP contribution is 2.28. The van der Waals surface area contributed by atoms with Gasteiger partial charge < -0.3 is 20.4 Å². The molecule has 0 saturated carbocycles. The molecule has 0 unspecified atom stereocenters. The summed E-state index contributed by atoms with van der Waals surface area (Å²) in [6, 6.07) is 6.65. The SMILES string of the molecule is CCN(CC)C(=O)[C@@H]1C[C@H](N)CN1C(=O)C(=O)N1CCc2ccccc21. The van der Waals surface area contributed by atoms with Crippen molar-refractivity contribution in [1.29, 1.82) is 0 Å². The fourth-order valence-electron chi connectivity index (χ4n) is 3.86. The Balaban J connectivity index is 1.79. The molecule has 1 aromatic carbocycles. The predicted octanol–water partition coefficient (Wildman–Crippen LogP) is 0.372. The van der Waals surface area contributed by atoms with Crippen LogP contribution in [0.3, 0.4) is 0 Å². The van der Waals surface area contributed by atoms with Gasteiger partial charge in [0.25, 0.3) is 0 Å². The van der Waals surface area contributed by atoms with Crippen molar-refractivity contribution in [3.8, 4) is 0 Å². The molecule has 0 spiro atoms. The summed E-state index contributed by atoms with van der Waals surface area (Å²) in [4.78, 5) is 43.1. The average molecular weight is 358 g/mol. The molecule has 2 heterocycles. The fourth-order valence-corrected chi connectivity index (χ4v) is 3.86. The minimum atomic E-state index is -0.654. The molecule has 26 heavy (non-hydrogen) atoms. The summed E-state index contributed by atoms with van der Waals surface area (Å²) >= 11 is 0. The van der Waals surface area contributed by atoms with Crippen LogP contribution in [0.25, 0.3) is 0 Å². The van der Waals surface area contributed by atoms with Gasteiger partial charge in [0.1, 0.15) is 6.04 Å². The number of anilines is 1. The van der Waals surface area contributed by atoms with Crippen LogP contribution < -0.4 is 10.6 Å². The van der Waals surface area contributed by atoms with Gasteiger partial charge in [0, 0.05) is 37.9 Å². The van der Waals surface area contributed by atoms with Crippen LogP contribution in [0.1, 0.15) is 25.8 Å². The number of amides is 3. The summed E-state index contributed by atoms with van der Waals surface area (Å²) in [6.45, 7) is 5.65. The average Bonchev–Trinajstić information content (AvgIpc) is 3.25. The van der Waals surface area contributed by atoms with Crippen molar-refractivity contribution in [1.82, 2.24) is 9.80 Å². The number of likely N-dealkylation sites (N-methyl/N-ethyl adjacent to an activating group) is 1. The Hall–Kier alpha value is -2.41. The number of hydrogen-bond donors (Lipinski definition) is 1. The van der Waals surface area contributed by atoms with Gasteiger partial charge in [-0.15, -0.1) is 0 Å². The van der Waals surface area contributed by atoms with Gasteiger partial charge in [0.2, 0.25) is 5.91 Å². The summed E-state index contributed by atoms with van der Waals surface area (Å²) < 4.78 is 0. The van der Waals surface area contributed by atoms with Crippen molar-refractivity contribution < 1.29 is 14.4 Å². The third-order valence-corrected chi connectivity index (χ3v) is 5.27. The number of para-hydroxylation sites is 1. The molecule has 140 valence electrons. The molecule has 0 radical (unpaired) electrons. The number of carbonyl (C=O) groups excluding carboxylic acids is 3. The lowest BCUT2D eigenvalue weighted by molar-refractivity contribution is -0.149. The molecule has 1 aromatic rings. The van der Waals surface area contributed by atoms with Crippen LogP contribution in [0.4, 0.5) is 5.69 Å². The second-order valence-electron chi connectivity index (χ2n) is 6.82. The Morgan fingerprint density at radius 2 is 1.85 bits per heavy atom. The van der Waals surface area contributed by atoms with E-state index in [2.05, 4.69) is 0 Å². The van der Waals surface area contributed by atoms with Gasteiger partial charge in [-0.25, -0.2) is 0 Å². The number of rotatable bonds is 3. The number of benzene rings is 1. The quantitative estimate of drug-likeness (QED) is 0.791. The topological polar surface area (TPSA) is 87.0 Å². The second-order valence-corrected chi connectivity index (χ2v) is 6.82. The Kier molecular flexibility index (Phi) is 5.27. The van der Waals surface area contributed by atoms with Gasteiger partial charge in [-0.05, 0) is 38.3 Å². The lowest BCUT2D eigenvalue weighted by Gasteiger charge is -2.29. The van der Waals surface area contributed by atoms with Crippen LogP contribution in [0.2, 0.25) is 0 Å². The van der Waals surface area contributed by atoms with Crippen molar-refractivity contribution in [2.75, 3.05) is 31.1 Å². The molecule has 3 rings (SSSR count). The predicted molar refractivity (Wildman–Crippen MR) is 98.5 cm³/mol. The van der Waals surface area contributed by atoms with E-state index in [1.165, 1.54) is 9.80 Å². The van der Waals surface area contributed by atoms with Crippen molar-refractivity contribution in [2.45, 2.75) is 38.8 Å².